The summed E-state index contributed by atoms with van der Waals surface area (Å²) >= 11 is 0. The molecule has 116 valence electrons. The highest BCUT2D eigenvalue weighted by Gasteiger charge is 2.38. The molecule has 0 unspecified atom stereocenters. The van der Waals surface area contributed by atoms with Gasteiger partial charge >= 0.3 is 0 Å². The van der Waals surface area contributed by atoms with Crippen molar-refractivity contribution in [3.8, 4) is 6.07 Å². The first-order valence-corrected chi connectivity index (χ1v) is 6.58. The zero-order valence-electron chi connectivity index (χ0n) is 11.9. The standard InChI is InChI=1S/C14H15F2N5O/c1-10(19-5-4-17)14(22,7-21-9-18-8-20-21)12-3-2-11(15)6-13(12)16/h2-3,6,8-10,19,22H,5,7H2,1H3/t10-,14-/m1/s1. The predicted octanol–water partition coefficient (Wildman–Crippen LogP) is 0.946. The van der Waals surface area contributed by atoms with Crippen molar-refractivity contribution in [2.24, 2.45) is 0 Å². The molecule has 1 aromatic carbocycles. The van der Waals surface area contributed by atoms with Gasteiger partial charge in [-0.15, -0.1) is 0 Å². The van der Waals surface area contributed by atoms with Gasteiger partial charge in [-0.3, -0.25) is 5.32 Å². The summed E-state index contributed by atoms with van der Waals surface area (Å²) in [6.07, 6.45) is 2.66. The molecule has 2 aromatic rings. The summed E-state index contributed by atoms with van der Waals surface area (Å²) in [4.78, 5) is 3.77. The number of aliphatic hydroxyl groups is 1. The third kappa shape index (κ3) is 3.27. The van der Waals surface area contributed by atoms with Crippen molar-refractivity contribution in [3.05, 3.63) is 48.1 Å². The number of halogens is 2. The third-order valence-corrected chi connectivity index (χ3v) is 3.47. The van der Waals surface area contributed by atoms with Crippen molar-refractivity contribution in [1.29, 1.82) is 5.26 Å². The number of nitrogens with zero attached hydrogens (tertiary/aromatic N) is 4. The summed E-state index contributed by atoms with van der Waals surface area (Å²) in [5, 5.41) is 26.3. The molecule has 0 aliphatic rings. The van der Waals surface area contributed by atoms with E-state index in [1.54, 1.807) is 6.92 Å². The maximum absolute atomic E-state index is 14.1. The highest BCUT2D eigenvalue weighted by atomic mass is 19.1. The van der Waals surface area contributed by atoms with Gasteiger partial charge < -0.3 is 5.11 Å². The molecule has 0 saturated carbocycles. The number of benzene rings is 1. The molecule has 0 fully saturated rings. The third-order valence-electron chi connectivity index (χ3n) is 3.47. The van der Waals surface area contributed by atoms with Crippen LogP contribution in [-0.2, 0) is 12.1 Å². The molecular weight excluding hydrogens is 292 g/mol. The summed E-state index contributed by atoms with van der Waals surface area (Å²) in [5.41, 5.74) is -1.81. The van der Waals surface area contributed by atoms with Crippen LogP contribution in [0.4, 0.5) is 8.78 Å². The summed E-state index contributed by atoms with van der Waals surface area (Å²) in [7, 11) is 0. The minimum Gasteiger partial charge on any atom is -0.381 e. The van der Waals surface area contributed by atoms with Gasteiger partial charge in [0.15, 0.2) is 0 Å². The highest BCUT2D eigenvalue weighted by Crippen LogP contribution is 2.29. The van der Waals surface area contributed by atoms with Crippen molar-refractivity contribution in [3.63, 3.8) is 0 Å². The molecular formula is C14H15F2N5O. The Morgan fingerprint density at radius 1 is 1.50 bits per heavy atom. The minimum atomic E-state index is -1.73. The zero-order chi connectivity index (χ0) is 16.2. The second kappa shape index (κ2) is 6.60. The predicted molar refractivity (Wildman–Crippen MR) is 73.4 cm³/mol. The van der Waals surface area contributed by atoms with E-state index in [1.807, 2.05) is 6.07 Å². The Kier molecular flexibility index (Phi) is 4.80. The molecule has 0 amide bonds. The highest BCUT2D eigenvalue weighted by molar-refractivity contribution is 5.27. The Bertz CT molecular complexity index is 670. The van der Waals surface area contributed by atoms with Crippen LogP contribution in [0.15, 0.2) is 30.9 Å². The Morgan fingerprint density at radius 2 is 2.27 bits per heavy atom. The molecule has 0 radical (unpaired) electrons. The maximum atomic E-state index is 14.1. The average Bonchev–Trinajstić information content (AvgIpc) is 2.97. The summed E-state index contributed by atoms with van der Waals surface area (Å²) in [6, 6.07) is 4.17. The fraction of sp³-hybridized carbons (Fsp3) is 0.357. The molecule has 1 aromatic heterocycles. The first kappa shape index (κ1) is 16.0. The number of nitrogens with one attached hydrogen (secondary N) is 1. The van der Waals surface area contributed by atoms with Crippen molar-refractivity contribution in [1.82, 2.24) is 20.1 Å². The van der Waals surface area contributed by atoms with E-state index in [0.717, 1.165) is 6.07 Å². The van der Waals surface area contributed by atoms with Gasteiger partial charge in [-0.05, 0) is 13.0 Å². The Labute approximate surface area is 126 Å². The quantitative estimate of drug-likeness (QED) is 0.776. The lowest BCUT2D eigenvalue weighted by atomic mass is 9.86. The zero-order valence-corrected chi connectivity index (χ0v) is 11.9. The molecule has 8 heteroatoms. The van der Waals surface area contributed by atoms with Crippen LogP contribution in [0.1, 0.15) is 12.5 Å². The minimum absolute atomic E-state index is 0.0242. The number of rotatable bonds is 6. The Morgan fingerprint density at radius 3 is 2.86 bits per heavy atom. The van der Waals surface area contributed by atoms with Crippen LogP contribution in [0.2, 0.25) is 0 Å². The second-order valence-electron chi connectivity index (χ2n) is 4.90. The summed E-state index contributed by atoms with van der Waals surface area (Å²) < 4.78 is 28.6. The van der Waals surface area contributed by atoms with Gasteiger partial charge in [-0.1, -0.05) is 6.07 Å². The topological polar surface area (TPSA) is 86.8 Å². The maximum Gasteiger partial charge on any atom is 0.137 e. The fourth-order valence-electron chi connectivity index (χ4n) is 2.22. The van der Waals surface area contributed by atoms with E-state index >= 15 is 0 Å². The molecule has 0 saturated heterocycles. The lowest BCUT2D eigenvalue weighted by Crippen LogP contribution is -2.50. The molecule has 0 aliphatic carbocycles. The van der Waals surface area contributed by atoms with E-state index in [4.69, 9.17) is 5.26 Å². The fourth-order valence-corrected chi connectivity index (χ4v) is 2.22. The smallest absolute Gasteiger partial charge is 0.137 e. The molecule has 2 atom stereocenters. The number of hydrogen-bond donors (Lipinski definition) is 2. The van der Waals surface area contributed by atoms with E-state index < -0.39 is 23.3 Å². The van der Waals surface area contributed by atoms with Crippen molar-refractivity contribution >= 4 is 0 Å². The van der Waals surface area contributed by atoms with Crippen LogP contribution in [0, 0.1) is 23.0 Å². The molecule has 1 heterocycles. The first-order chi connectivity index (χ1) is 10.5. The van der Waals surface area contributed by atoms with Crippen molar-refractivity contribution in [2.75, 3.05) is 6.54 Å². The molecule has 0 spiro atoms. The number of nitriles is 1. The van der Waals surface area contributed by atoms with Gasteiger partial charge in [0.1, 0.15) is 29.9 Å². The van der Waals surface area contributed by atoms with E-state index in [1.165, 1.54) is 23.4 Å². The van der Waals surface area contributed by atoms with Gasteiger partial charge in [0.05, 0.1) is 19.2 Å². The van der Waals surface area contributed by atoms with E-state index in [-0.39, 0.29) is 18.7 Å². The van der Waals surface area contributed by atoms with Crippen LogP contribution in [0.25, 0.3) is 0 Å². The van der Waals surface area contributed by atoms with E-state index in [2.05, 4.69) is 15.4 Å². The SMILES string of the molecule is C[C@@H](NCC#N)[C@](O)(Cn1cncn1)c1ccc(F)cc1F. The summed E-state index contributed by atoms with van der Waals surface area (Å²) in [6.45, 7) is 1.48. The van der Waals surface area contributed by atoms with Crippen LogP contribution in [0.3, 0.4) is 0 Å². The largest absolute Gasteiger partial charge is 0.381 e. The lowest BCUT2D eigenvalue weighted by Gasteiger charge is -2.34. The van der Waals surface area contributed by atoms with Gasteiger partial charge in [0.25, 0.3) is 0 Å². The van der Waals surface area contributed by atoms with E-state index in [0.29, 0.717) is 6.07 Å². The Hall–Kier alpha value is -2.37. The average molecular weight is 307 g/mol. The molecule has 22 heavy (non-hydrogen) atoms. The van der Waals surface area contributed by atoms with Crippen LogP contribution in [-0.4, -0.2) is 32.5 Å². The number of hydrogen-bond acceptors (Lipinski definition) is 5. The molecule has 0 bridgehead atoms. The second-order valence-corrected chi connectivity index (χ2v) is 4.90. The van der Waals surface area contributed by atoms with Gasteiger partial charge in [-0.25, -0.2) is 18.4 Å². The number of aromatic nitrogens is 3. The van der Waals surface area contributed by atoms with Crippen molar-refractivity contribution in [2.45, 2.75) is 25.1 Å². The molecule has 2 rings (SSSR count). The van der Waals surface area contributed by atoms with Crippen LogP contribution >= 0.6 is 0 Å². The van der Waals surface area contributed by atoms with Gasteiger partial charge in [0, 0.05) is 17.7 Å². The van der Waals surface area contributed by atoms with Gasteiger partial charge in [0.2, 0.25) is 0 Å². The lowest BCUT2D eigenvalue weighted by molar-refractivity contribution is -0.0189. The van der Waals surface area contributed by atoms with Crippen LogP contribution in [0.5, 0.6) is 0 Å². The molecule has 2 N–H and O–H groups in total. The normalized spacial score (nSPS) is 15.0. The van der Waals surface area contributed by atoms with E-state index in [9.17, 15) is 13.9 Å². The van der Waals surface area contributed by atoms with Gasteiger partial charge in [-0.2, -0.15) is 10.4 Å². The first-order valence-electron chi connectivity index (χ1n) is 6.58. The monoisotopic (exact) mass is 307 g/mol. The van der Waals surface area contributed by atoms with Crippen molar-refractivity contribution < 1.29 is 13.9 Å². The molecule has 6 nitrogen and oxygen atoms in total. The summed E-state index contributed by atoms with van der Waals surface area (Å²) in [5.74, 6) is -1.60. The molecule has 0 aliphatic heterocycles. The Balaban J connectivity index is 2.41. The van der Waals surface area contributed by atoms with Crippen LogP contribution < -0.4 is 5.32 Å².